The predicted octanol–water partition coefficient (Wildman–Crippen LogP) is 1.86. The van der Waals surface area contributed by atoms with Crippen LogP contribution in [0.25, 0.3) is 0 Å². The highest BCUT2D eigenvalue weighted by atomic mass is 32.2. The van der Waals surface area contributed by atoms with Gasteiger partial charge in [0, 0.05) is 17.9 Å². The van der Waals surface area contributed by atoms with E-state index in [1.54, 1.807) is 11.8 Å². The SMILES string of the molecule is NCCc1nc(CSc2ccccc2)no1. The number of hydrogen-bond donors (Lipinski definition) is 1. The highest BCUT2D eigenvalue weighted by Gasteiger charge is 2.05. The number of benzene rings is 1. The number of nitrogens with two attached hydrogens (primary N) is 1. The van der Waals surface area contributed by atoms with Crippen LogP contribution in [-0.4, -0.2) is 16.7 Å². The molecule has 4 nitrogen and oxygen atoms in total. The van der Waals surface area contributed by atoms with E-state index in [-0.39, 0.29) is 0 Å². The second-order valence-corrected chi connectivity index (χ2v) is 4.29. The lowest BCUT2D eigenvalue weighted by molar-refractivity contribution is 0.376. The molecule has 0 saturated carbocycles. The van der Waals surface area contributed by atoms with E-state index < -0.39 is 0 Å². The van der Waals surface area contributed by atoms with E-state index >= 15 is 0 Å². The molecule has 2 N–H and O–H groups in total. The van der Waals surface area contributed by atoms with Crippen LogP contribution in [0.4, 0.5) is 0 Å². The van der Waals surface area contributed by atoms with Crippen molar-refractivity contribution in [2.75, 3.05) is 6.54 Å². The number of aromatic nitrogens is 2. The highest BCUT2D eigenvalue weighted by molar-refractivity contribution is 7.98. The molecule has 0 saturated heterocycles. The number of hydrogen-bond acceptors (Lipinski definition) is 5. The maximum atomic E-state index is 5.40. The van der Waals surface area contributed by atoms with Gasteiger partial charge in [0.1, 0.15) is 0 Å². The normalized spacial score (nSPS) is 10.6. The van der Waals surface area contributed by atoms with Crippen LogP contribution in [0.3, 0.4) is 0 Å². The van der Waals surface area contributed by atoms with Gasteiger partial charge in [0.15, 0.2) is 5.82 Å². The summed E-state index contributed by atoms with van der Waals surface area (Å²) in [7, 11) is 0. The zero-order valence-electron chi connectivity index (χ0n) is 8.80. The standard InChI is InChI=1S/C11H13N3OS/c12-7-6-11-13-10(14-15-11)8-16-9-4-2-1-3-5-9/h1-5H,6-8,12H2. The minimum atomic E-state index is 0.535. The molecule has 0 radical (unpaired) electrons. The molecule has 16 heavy (non-hydrogen) atoms. The molecule has 5 heteroatoms. The Morgan fingerprint density at radius 2 is 2.06 bits per heavy atom. The Kier molecular flexibility index (Phi) is 3.96. The summed E-state index contributed by atoms with van der Waals surface area (Å²) >= 11 is 1.69. The van der Waals surface area contributed by atoms with Gasteiger partial charge in [0.25, 0.3) is 0 Å². The summed E-state index contributed by atoms with van der Waals surface area (Å²) in [5, 5.41) is 3.89. The molecule has 0 fully saturated rings. The fourth-order valence-corrected chi connectivity index (χ4v) is 2.00. The Labute approximate surface area is 98.2 Å². The first-order valence-corrected chi connectivity index (χ1v) is 6.06. The van der Waals surface area contributed by atoms with Crippen molar-refractivity contribution in [1.82, 2.24) is 10.1 Å². The summed E-state index contributed by atoms with van der Waals surface area (Å²) in [6.45, 7) is 0.535. The summed E-state index contributed by atoms with van der Waals surface area (Å²) in [5.41, 5.74) is 5.40. The van der Waals surface area contributed by atoms with E-state index in [0.717, 1.165) is 11.6 Å². The summed E-state index contributed by atoms with van der Waals surface area (Å²) < 4.78 is 5.04. The van der Waals surface area contributed by atoms with Crippen molar-refractivity contribution in [3.63, 3.8) is 0 Å². The number of nitrogens with zero attached hydrogens (tertiary/aromatic N) is 2. The largest absolute Gasteiger partial charge is 0.339 e. The molecule has 0 unspecified atom stereocenters. The second kappa shape index (κ2) is 5.67. The van der Waals surface area contributed by atoms with Gasteiger partial charge in [0.05, 0.1) is 5.75 Å². The Morgan fingerprint density at radius 1 is 1.25 bits per heavy atom. The van der Waals surface area contributed by atoms with E-state index in [1.807, 2.05) is 18.2 Å². The Hall–Kier alpha value is -1.33. The molecule has 0 amide bonds. The van der Waals surface area contributed by atoms with Crippen LogP contribution < -0.4 is 5.73 Å². The van der Waals surface area contributed by atoms with Crippen molar-refractivity contribution < 1.29 is 4.52 Å². The zero-order chi connectivity index (χ0) is 11.2. The van der Waals surface area contributed by atoms with E-state index in [2.05, 4.69) is 22.3 Å². The summed E-state index contributed by atoms with van der Waals surface area (Å²) in [5.74, 6) is 2.06. The first kappa shape index (κ1) is 11.2. The van der Waals surface area contributed by atoms with Crippen LogP contribution in [0.15, 0.2) is 39.8 Å². The molecule has 0 bridgehead atoms. The van der Waals surface area contributed by atoms with Gasteiger partial charge in [-0.15, -0.1) is 11.8 Å². The Morgan fingerprint density at radius 3 is 2.81 bits per heavy atom. The third kappa shape index (κ3) is 3.08. The summed E-state index contributed by atoms with van der Waals surface area (Å²) in [6.07, 6.45) is 0.642. The maximum Gasteiger partial charge on any atom is 0.227 e. The van der Waals surface area contributed by atoms with Crippen LogP contribution in [0, 0.1) is 0 Å². The average molecular weight is 235 g/mol. The molecule has 2 rings (SSSR count). The topological polar surface area (TPSA) is 64.9 Å². The molecule has 0 aliphatic rings. The average Bonchev–Trinajstić information content (AvgIpc) is 2.76. The van der Waals surface area contributed by atoms with E-state index in [1.165, 1.54) is 4.90 Å². The van der Waals surface area contributed by atoms with Gasteiger partial charge < -0.3 is 10.3 Å². The van der Waals surface area contributed by atoms with Crippen molar-refractivity contribution in [1.29, 1.82) is 0 Å². The Bertz CT molecular complexity index is 430. The number of thioether (sulfide) groups is 1. The van der Waals surface area contributed by atoms with E-state index in [9.17, 15) is 0 Å². The molecule has 0 aliphatic heterocycles. The molecule has 1 aromatic carbocycles. The molecular weight excluding hydrogens is 222 g/mol. The number of rotatable bonds is 5. The molecule has 1 aromatic heterocycles. The van der Waals surface area contributed by atoms with Crippen LogP contribution >= 0.6 is 11.8 Å². The van der Waals surface area contributed by atoms with Crippen molar-refractivity contribution >= 4 is 11.8 Å². The van der Waals surface area contributed by atoms with Gasteiger partial charge >= 0.3 is 0 Å². The molecular formula is C11H13N3OS. The second-order valence-electron chi connectivity index (χ2n) is 3.24. The minimum absolute atomic E-state index is 0.535. The fraction of sp³-hybridized carbons (Fsp3) is 0.273. The molecule has 1 heterocycles. The monoisotopic (exact) mass is 235 g/mol. The molecule has 0 atom stereocenters. The zero-order valence-corrected chi connectivity index (χ0v) is 9.61. The lowest BCUT2D eigenvalue weighted by Gasteiger charge is -1.96. The van der Waals surface area contributed by atoms with E-state index in [0.29, 0.717) is 18.9 Å². The lowest BCUT2D eigenvalue weighted by Crippen LogP contribution is -2.02. The van der Waals surface area contributed by atoms with Gasteiger partial charge in [-0.2, -0.15) is 4.98 Å². The maximum absolute atomic E-state index is 5.40. The van der Waals surface area contributed by atoms with Gasteiger partial charge in [0.2, 0.25) is 5.89 Å². The fourth-order valence-electron chi connectivity index (χ4n) is 1.24. The van der Waals surface area contributed by atoms with Crippen LogP contribution in [0.5, 0.6) is 0 Å². The molecule has 0 spiro atoms. The van der Waals surface area contributed by atoms with Crippen LogP contribution in [0.1, 0.15) is 11.7 Å². The summed E-state index contributed by atoms with van der Waals surface area (Å²) in [6, 6.07) is 10.1. The highest BCUT2D eigenvalue weighted by Crippen LogP contribution is 2.20. The van der Waals surface area contributed by atoms with Crippen LogP contribution in [-0.2, 0) is 12.2 Å². The molecule has 84 valence electrons. The first-order valence-electron chi connectivity index (χ1n) is 5.08. The van der Waals surface area contributed by atoms with Crippen molar-refractivity contribution in [3.05, 3.63) is 42.0 Å². The predicted molar refractivity (Wildman–Crippen MR) is 63.1 cm³/mol. The third-order valence-electron chi connectivity index (χ3n) is 1.98. The quantitative estimate of drug-likeness (QED) is 0.801. The first-order chi connectivity index (χ1) is 7.88. The minimum Gasteiger partial charge on any atom is -0.339 e. The van der Waals surface area contributed by atoms with Gasteiger partial charge in [-0.05, 0) is 12.1 Å². The van der Waals surface area contributed by atoms with Gasteiger partial charge in [-0.1, -0.05) is 23.4 Å². The third-order valence-corrected chi connectivity index (χ3v) is 2.99. The van der Waals surface area contributed by atoms with Crippen molar-refractivity contribution in [2.45, 2.75) is 17.1 Å². The molecule has 0 aliphatic carbocycles. The lowest BCUT2D eigenvalue weighted by atomic mass is 10.4. The Balaban J connectivity index is 1.89. The van der Waals surface area contributed by atoms with E-state index in [4.69, 9.17) is 10.3 Å². The molecule has 2 aromatic rings. The van der Waals surface area contributed by atoms with Crippen molar-refractivity contribution in [2.24, 2.45) is 5.73 Å². The van der Waals surface area contributed by atoms with Crippen LogP contribution in [0.2, 0.25) is 0 Å². The smallest absolute Gasteiger partial charge is 0.227 e. The summed E-state index contributed by atoms with van der Waals surface area (Å²) in [4.78, 5) is 5.44. The van der Waals surface area contributed by atoms with Crippen molar-refractivity contribution in [3.8, 4) is 0 Å². The van der Waals surface area contributed by atoms with Gasteiger partial charge in [-0.3, -0.25) is 0 Å². The van der Waals surface area contributed by atoms with Gasteiger partial charge in [-0.25, -0.2) is 0 Å².